The SMILES string of the molecule is Cc1cc(Cl)c(S(=O)(=O)N(C)C(C)C(C)(C)C)cc1N. The van der Waals surface area contributed by atoms with Crippen molar-refractivity contribution in [3.63, 3.8) is 0 Å². The van der Waals surface area contributed by atoms with Crippen molar-refractivity contribution in [1.82, 2.24) is 4.31 Å². The van der Waals surface area contributed by atoms with Gasteiger partial charge in [0.15, 0.2) is 0 Å². The van der Waals surface area contributed by atoms with Crippen molar-refractivity contribution in [3.05, 3.63) is 22.7 Å². The van der Waals surface area contributed by atoms with Gasteiger partial charge in [-0.2, -0.15) is 4.31 Å². The normalized spacial score (nSPS) is 14.6. The highest BCUT2D eigenvalue weighted by molar-refractivity contribution is 7.89. The maximum Gasteiger partial charge on any atom is 0.244 e. The summed E-state index contributed by atoms with van der Waals surface area (Å²) in [6.07, 6.45) is 0. The van der Waals surface area contributed by atoms with Gasteiger partial charge in [-0.3, -0.25) is 0 Å². The first-order valence-corrected chi connectivity index (χ1v) is 8.24. The summed E-state index contributed by atoms with van der Waals surface area (Å²) in [6, 6.07) is 2.84. The first-order chi connectivity index (χ1) is 8.89. The molecule has 0 saturated carbocycles. The van der Waals surface area contributed by atoms with Crippen LogP contribution in [0.3, 0.4) is 0 Å². The van der Waals surface area contributed by atoms with Gasteiger partial charge in [-0.1, -0.05) is 32.4 Å². The van der Waals surface area contributed by atoms with E-state index in [2.05, 4.69) is 0 Å². The zero-order valence-electron chi connectivity index (χ0n) is 12.9. The van der Waals surface area contributed by atoms with E-state index in [1.54, 1.807) is 20.0 Å². The molecule has 0 aliphatic carbocycles. The lowest BCUT2D eigenvalue weighted by molar-refractivity contribution is 0.216. The van der Waals surface area contributed by atoms with Gasteiger partial charge >= 0.3 is 0 Å². The fourth-order valence-corrected chi connectivity index (χ4v) is 3.91. The molecule has 1 unspecified atom stereocenters. The fraction of sp³-hybridized carbons (Fsp3) is 0.571. The molecule has 1 aromatic carbocycles. The fourth-order valence-electron chi connectivity index (χ4n) is 1.77. The van der Waals surface area contributed by atoms with Crippen LogP contribution in [0.5, 0.6) is 0 Å². The number of nitrogens with zero attached hydrogens (tertiary/aromatic N) is 1. The topological polar surface area (TPSA) is 63.4 Å². The number of benzene rings is 1. The summed E-state index contributed by atoms with van der Waals surface area (Å²) < 4.78 is 26.7. The highest BCUT2D eigenvalue weighted by atomic mass is 35.5. The van der Waals surface area contributed by atoms with Gasteiger partial charge in [0.2, 0.25) is 10.0 Å². The Morgan fingerprint density at radius 2 is 1.80 bits per heavy atom. The Morgan fingerprint density at radius 1 is 1.30 bits per heavy atom. The van der Waals surface area contributed by atoms with E-state index in [9.17, 15) is 8.42 Å². The van der Waals surface area contributed by atoms with Crippen LogP contribution in [0.25, 0.3) is 0 Å². The number of nitrogen functional groups attached to an aromatic ring is 1. The van der Waals surface area contributed by atoms with Gasteiger partial charge in [0.25, 0.3) is 0 Å². The molecule has 0 heterocycles. The van der Waals surface area contributed by atoms with Gasteiger partial charge in [-0.15, -0.1) is 0 Å². The molecule has 0 amide bonds. The second kappa shape index (κ2) is 5.54. The summed E-state index contributed by atoms with van der Waals surface area (Å²) >= 11 is 6.09. The average molecular weight is 319 g/mol. The molecule has 1 aromatic rings. The van der Waals surface area contributed by atoms with Crippen LogP contribution in [0.4, 0.5) is 5.69 Å². The van der Waals surface area contributed by atoms with Crippen molar-refractivity contribution in [2.24, 2.45) is 5.41 Å². The molecule has 20 heavy (non-hydrogen) atoms. The van der Waals surface area contributed by atoms with Crippen molar-refractivity contribution >= 4 is 27.3 Å². The van der Waals surface area contributed by atoms with Gasteiger partial charge in [0, 0.05) is 18.8 Å². The number of anilines is 1. The number of sulfonamides is 1. The van der Waals surface area contributed by atoms with Gasteiger partial charge in [-0.05, 0) is 37.0 Å². The molecule has 114 valence electrons. The largest absolute Gasteiger partial charge is 0.398 e. The minimum absolute atomic E-state index is 0.0564. The Hall–Kier alpha value is -0.780. The third kappa shape index (κ3) is 3.27. The number of rotatable bonds is 3. The highest BCUT2D eigenvalue weighted by Gasteiger charge is 2.33. The van der Waals surface area contributed by atoms with E-state index in [0.717, 1.165) is 5.56 Å². The molecule has 0 aliphatic rings. The molecule has 1 rings (SSSR count). The molecule has 0 radical (unpaired) electrons. The van der Waals surface area contributed by atoms with Crippen LogP contribution in [-0.2, 0) is 10.0 Å². The summed E-state index contributed by atoms with van der Waals surface area (Å²) in [4.78, 5) is 0.0564. The van der Waals surface area contributed by atoms with E-state index >= 15 is 0 Å². The van der Waals surface area contributed by atoms with Gasteiger partial charge < -0.3 is 5.73 Å². The van der Waals surface area contributed by atoms with Gasteiger partial charge in [0.05, 0.1) is 5.02 Å². The number of nitrogens with two attached hydrogens (primary N) is 1. The summed E-state index contributed by atoms with van der Waals surface area (Å²) in [5, 5.41) is 0.199. The van der Waals surface area contributed by atoms with Crippen molar-refractivity contribution in [2.75, 3.05) is 12.8 Å². The standard InChI is InChI=1S/C14H23ClN2O2S/c1-9-7-11(15)13(8-12(9)16)20(18,19)17(6)10(2)14(3,4)5/h7-8,10H,16H2,1-6H3. The summed E-state index contributed by atoms with van der Waals surface area (Å²) in [5.41, 5.74) is 6.82. The molecule has 0 spiro atoms. The summed E-state index contributed by atoms with van der Waals surface area (Å²) in [7, 11) is -2.10. The maximum absolute atomic E-state index is 12.7. The molecular formula is C14H23ClN2O2S. The predicted molar refractivity (Wildman–Crippen MR) is 84.5 cm³/mol. The Bertz CT molecular complexity index is 606. The molecule has 1 atom stereocenters. The van der Waals surface area contributed by atoms with E-state index in [0.29, 0.717) is 5.69 Å². The van der Waals surface area contributed by atoms with Crippen LogP contribution < -0.4 is 5.73 Å². The maximum atomic E-state index is 12.7. The lowest BCUT2D eigenvalue weighted by atomic mass is 9.88. The Kier molecular flexibility index (Phi) is 4.79. The first kappa shape index (κ1) is 17.3. The zero-order valence-corrected chi connectivity index (χ0v) is 14.4. The summed E-state index contributed by atoms with van der Waals surface area (Å²) in [6.45, 7) is 9.65. The molecule has 0 aliphatic heterocycles. The number of hydrogen-bond acceptors (Lipinski definition) is 3. The number of hydrogen-bond donors (Lipinski definition) is 1. The minimum Gasteiger partial charge on any atom is -0.398 e. The van der Waals surface area contributed by atoms with E-state index in [4.69, 9.17) is 17.3 Å². The molecule has 0 bridgehead atoms. The quantitative estimate of drug-likeness (QED) is 0.870. The average Bonchev–Trinajstić information content (AvgIpc) is 2.30. The van der Waals surface area contributed by atoms with Crippen LogP contribution >= 0.6 is 11.6 Å². The number of aryl methyl sites for hydroxylation is 1. The molecule has 6 heteroatoms. The lowest BCUT2D eigenvalue weighted by Crippen LogP contribution is -2.42. The molecule has 4 nitrogen and oxygen atoms in total. The lowest BCUT2D eigenvalue weighted by Gasteiger charge is -2.34. The monoisotopic (exact) mass is 318 g/mol. The number of halogens is 1. The van der Waals surface area contributed by atoms with Gasteiger partial charge in [0.1, 0.15) is 4.90 Å². The molecular weight excluding hydrogens is 296 g/mol. The van der Waals surface area contributed by atoms with Crippen LogP contribution in [0, 0.1) is 12.3 Å². The Balaban J connectivity index is 3.34. The predicted octanol–water partition coefficient (Wildman–Crippen LogP) is 3.29. The Labute approximate surface area is 127 Å². The molecule has 0 fully saturated rings. The smallest absolute Gasteiger partial charge is 0.244 e. The van der Waals surface area contributed by atoms with Crippen LogP contribution in [0.15, 0.2) is 17.0 Å². The zero-order chi connectivity index (χ0) is 15.9. The third-order valence-electron chi connectivity index (χ3n) is 3.78. The van der Waals surface area contributed by atoms with Gasteiger partial charge in [-0.25, -0.2) is 8.42 Å². The van der Waals surface area contributed by atoms with Crippen LogP contribution in [0.1, 0.15) is 33.3 Å². The third-order valence-corrected chi connectivity index (χ3v) is 6.17. The second-order valence-corrected chi connectivity index (χ2v) is 8.58. The van der Waals surface area contributed by atoms with E-state index in [-0.39, 0.29) is 21.4 Å². The van der Waals surface area contributed by atoms with E-state index in [1.165, 1.54) is 10.4 Å². The summed E-state index contributed by atoms with van der Waals surface area (Å²) in [5.74, 6) is 0. The molecule has 2 N–H and O–H groups in total. The van der Waals surface area contributed by atoms with Crippen molar-refractivity contribution < 1.29 is 8.42 Å². The second-order valence-electron chi connectivity index (χ2n) is 6.20. The van der Waals surface area contributed by atoms with Crippen molar-refractivity contribution in [1.29, 1.82) is 0 Å². The van der Waals surface area contributed by atoms with Crippen molar-refractivity contribution in [2.45, 2.75) is 45.6 Å². The van der Waals surface area contributed by atoms with E-state index < -0.39 is 10.0 Å². The highest BCUT2D eigenvalue weighted by Crippen LogP contribution is 2.32. The van der Waals surface area contributed by atoms with Crippen LogP contribution in [-0.4, -0.2) is 25.8 Å². The van der Waals surface area contributed by atoms with Crippen molar-refractivity contribution in [3.8, 4) is 0 Å². The van der Waals surface area contributed by atoms with E-state index in [1.807, 2.05) is 27.7 Å². The molecule has 0 saturated heterocycles. The molecule has 0 aromatic heterocycles. The minimum atomic E-state index is -3.67. The van der Waals surface area contributed by atoms with Crippen LogP contribution in [0.2, 0.25) is 5.02 Å². The Morgan fingerprint density at radius 3 is 2.25 bits per heavy atom. The first-order valence-electron chi connectivity index (χ1n) is 6.42.